The smallest absolute Gasteiger partial charge is 0.242 e. The minimum Gasteiger partial charge on any atom is -0.352 e. The summed E-state index contributed by atoms with van der Waals surface area (Å²) in [7, 11) is 0. The number of amides is 2. The Morgan fingerprint density at radius 1 is 0.861 bits per heavy atom. The van der Waals surface area contributed by atoms with Crippen LogP contribution in [0.2, 0.25) is 5.02 Å². The average Bonchev–Trinajstić information content (AvgIpc) is 2.92. The van der Waals surface area contributed by atoms with Crippen LogP contribution in [-0.4, -0.2) is 28.8 Å². The normalized spacial score (nSPS) is 14.9. The molecular formula is C31H35ClN2O2. The van der Waals surface area contributed by atoms with Crippen molar-refractivity contribution in [2.45, 2.75) is 70.0 Å². The summed E-state index contributed by atoms with van der Waals surface area (Å²) in [5.74, 6) is -0.278. The number of halogens is 1. The molecule has 2 amide bonds. The molecule has 0 unspecified atom stereocenters. The van der Waals surface area contributed by atoms with Gasteiger partial charge in [-0.25, -0.2) is 0 Å². The highest BCUT2D eigenvalue weighted by Gasteiger charge is 2.30. The number of hydrogen-bond donors (Lipinski definition) is 1. The molecule has 5 heteroatoms. The maximum absolute atomic E-state index is 14.0. The third-order valence-electron chi connectivity index (χ3n) is 7.20. The molecule has 0 heterocycles. The monoisotopic (exact) mass is 502 g/mol. The Hall–Kier alpha value is -3.11. The summed E-state index contributed by atoms with van der Waals surface area (Å²) in [5.41, 5.74) is 2.99. The number of carbonyl (C=O) groups is 2. The van der Waals surface area contributed by atoms with Crippen LogP contribution in [0, 0.1) is 0 Å². The van der Waals surface area contributed by atoms with E-state index in [1.165, 1.54) is 6.42 Å². The van der Waals surface area contributed by atoms with E-state index in [1.54, 1.807) is 4.90 Å². The van der Waals surface area contributed by atoms with E-state index in [4.69, 9.17) is 11.6 Å². The minimum atomic E-state index is -0.608. The molecule has 1 fully saturated rings. The van der Waals surface area contributed by atoms with Crippen LogP contribution in [0.4, 0.5) is 0 Å². The molecule has 1 aliphatic rings. The van der Waals surface area contributed by atoms with Gasteiger partial charge in [-0.3, -0.25) is 9.59 Å². The van der Waals surface area contributed by atoms with Crippen LogP contribution < -0.4 is 5.32 Å². The second-order valence-corrected chi connectivity index (χ2v) is 10.1. The van der Waals surface area contributed by atoms with Gasteiger partial charge in [0.25, 0.3) is 0 Å². The molecule has 1 N–H and O–H groups in total. The summed E-state index contributed by atoms with van der Waals surface area (Å²) in [6, 6.07) is 27.3. The molecule has 0 saturated heterocycles. The van der Waals surface area contributed by atoms with Gasteiger partial charge in [-0.2, -0.15) is 0 Å². The summed E-state index contributed by atoms with van der Waals surface area (Å²) in [6.07, 6.45) is 5.76. The van der Waals surface area contributed by atoms with Crippen molar-refractivity contribution in [3.63, 3.8) is 0 Å². The second kappa shape index (κ2) is 12.7. The quantitative estimate of drug-likeness (QED) is 0.352. The number of rotatable bonds is 9. The van der Waals surface area contributed by atoms with E-state index in [0.29, 0.717) is 5.02 Å². The van der Waals surface area contributed by atoms with Crippen molar-refractivity contribution in [1.29, 1.82) is 0 Å². The maximum atomic E-state index is 14.0. The molecule has 0 spiro atoms. The molecule has 0 aromatic heterocycles. The molecule has 3 aromatic carbocycles. The first-order valence-electron chi connectivity index (χ1n) is 13.0. The SMILES string of the molecule is C[C@H](C(=O)NC1CCCCC1)N(Cc1ccccc1Cl)C(=O)CC(c1ccccc1)c1ccccc1. The highest BCUT2D eigenvalue weighted by molar-refractivity contribution is 6.31. The number of carbonyl (C=O) groups excluding carboxylic acids is 2. The summed E-state index contributed by atoms with van der Waals surface area (Å²) in [5, 5.41) is 3.80. The van der Waals surface area contributed by atoms with E-state index in [9.17, 15) is 9.59 Å². The van der Waals surface area contributed by atoms with Gasteiger partial charge in [0.2, 0.25) is 11.8 Å². The molecule has 4 nitrogen and oxygen atoms in total. The lowest BCUT2D eigenvalue weighted by Crippen LogP contribution is -2.50. The van der Waals surface area contributed by atoms with Gasteiger partial charge < -0.3 is 10.2 Å². The lowest BCUT2D eigenvalue weighted by atomic mass is 9.88. The fourth-order valence-corrected chi connectivity index (χ4v) is 5.25. The van der Waals surface area contributed by atoms with Crippen LogP contribution in [0.1, 0.15) is 68.1 Å². The Morgan fingerprint density at radius 3 is 2.00 bits per heavy atom. The highest BCUT2D eigenvalue weighted by Crippen LogP contribution is 2.30. The third kappa shape index (κ3) is 6.76. The molecule has 0 bridgehead atoms. The number of nitrogens with one attached hydrogen (secondary N) is 1. The van der Waals surface area contributed by atoms with Crippen LogP contribution >= 0.6 is 11.6 Å². The average molecular weight is 503 g/mol. The van der Waals surface area contributed by atoms with Gasteiger partial charge in [0, 0.05) is 29.9 Å². The molecule has 0 aliphatic heterocycles. The van der Waals surface area contributed by atoms with Crippen LogP contribution in [0.3, 0.4) is 0 Å². The van der Waals surface area contributed by atoms with Crippen LogP contribution in [0.5, 0.6) is 0 Å². The standard InChI is InChI=1S/C31H35ClN2O2/c1-23(31(36)33-27-18-9-4-10-19-27)34(22-26-17-11-12-20-29(26)32)30(35)21-28(24-13-5-2-6-14-24)25-15-7-3-8-16-25/h2-3,5-8,11-17,20,23,27-28H,4,9-10,18-19,21-22H2,1H3,(H,33,36)/t23-/m1/s1. The van der Waals surface area contributed by atoms with E-state index in [2.05, 4.69) is 29.6 Å². The zero-order valence-corrected chi connectivity index (χ0v) is 21.7. The van der Waals surface area contributed by atoms with E-state index in [1.807, 2.05) is 67.6 Å². The van der Waals surface area contributed by atoms with Crippen molar-refractivity contribution < 1.29 is 9.59 Å². The molecule has 1 saturated carbocycles. The van der Waals surface area contributed by atoms with Gasteiger partial charge in [-0.15, -0.1) is 0 Å². The Balaban J connectivity index is 1.60. The second-order valence-electron chi connectivity index (χ2n) is 9.71. The lowest BCUT2D eigenvalue weighted by molar-refractivity contribution is -0.141. The fraction of sp³-hybridized carbons (Fsp3) is 0.355. The summed E-state index contributed by atoms with van der Waals surface area (Å²) < 4.78 is 0. The Labute approximate surface area is 219 Å². The first-order chi connectivity index (χ1) is 17.5. The van der Waals surface area contributed by atoms with Crippen LogP contribution in [0.15, 0.2) is 84.9 Å². The fourth-order valence-electron chi connectivity index (χ4n) is 5.05. The van der Waals surface area contributed by atoms with Crippen molar-refractivity contribution in [3.05, 3.63) is 107 Å². The van der Waals surface area contributed by atoms with Crippen molar-refractivity contribution in [2.24, 2.45) is 0 Å². The zero-order chi connectivity index (χ0) is 25.3. The van der Waals surface area contributed by atoms with Crippen molar-refractivity contribution in [2.75, 3.05) is 0 Å². The van der Waals surface area contributed by atoms with E-state index in [0.717, 1.165) is 42.4 Å². The van der Waals surface area contributed by atoms with Gasteiger partial charge in [-0.05, 0) is 42.5 Å². The molecule has 36 heavy (non-hydrogen) atoms. The van der Waals surface area contributed by atoms with Crippen molar-refractivity contribution in [3.8, 4) is 0 Å². The number of benzene rings is 3. The first-order valence-corrected chi connectivity index (χ1v) is 13.3. The molecule has 1 atom stereocenters. The lowest BCUT2D eigenvalue weighted by Gasteiger charge is -2.32. The van der Waals surface area contributed by atoms with Gasteiger partial charge in [0.15, 0.2) is 0 Å². The predicted molar refractivity (Wildman–Crippen MR) is 146 cm³/mol. The minimum absolute atomic E-state index is 0.0704. The number of nitrogens with zero attached hydrogens (tertiary/aromatic N) is 1. The Bertz CT molecular complexity index is 1090. The molecule has 4 rings (SSSR count). The van der Waals surface area contributed by atoms with Crippen LogP contribution in [-0.2, 0) is 16.1 Å². The molecule has 188 valence electrons. The van der Waals surface area contributed by atoms with E-state index in [-0.39, 0.29) is 36.7 Å². The summed E-state index contributed by atoms with van der Waals surface area (Å²) in [6.45, 7) is 2.11. The highest BCUT2D eigenvalue weighted by atomic mass is 35.5. The van der Waals surface area contributed by atoms with Gasteiger partial charge in [-0.1, -0.05) is 110 Å². The first kappa shape index (κ1) is 26.0. The Kier molecular flexibility index (Phi) is 9.18. The predicted octanol–water partition coefficient (Wildman–Crippen LogP) is 6.73. The molecule has 1 aliphatic carbocycles. The zero-order valence-electron chi connectivity index (χ0n) is 20.9. The van der Waals surface area contributed by atoms with Gasteiger partial charge in [0.05, 0.1) is 0 Å². The van der Waals surface area contributed by atoms with Crippen molar-refractivity contribution in [1.82, 2.24) is 10.2 Å². The molecular weight excluding hydrogens is 468 g/mol. The van der Waals surface area contributed by atoms with Gasteiger partial charge in [0.1, 0.15) is 6.04 Å². The maximum Gasteiger partial charge on any atom is 0.242 e. The van der Waals surface area contributed by atoms with Gasteiger partial charge >= 0.3 is 0 Å². The Morgan fingerprint density at radius 2 is 1.42 bits per heavy atom. The largest absolute Gasteiger partial charge is 0.352 e. The summed E-state index contributed by atoms with van der Waals surface area (Å²) >= 11 is 6.47. The van der Waals surface area contributed by atoms with Crippen LogP contribution in [0.25, 0.3) is 0 Å². The topological polar surface area (TPSA) is 49.4 Å². The van der Waals surface area contributed by atoms with E-state index >= 15 is 0 Å². The summed E-state index contributed by atoms with van der Waals surface area (Å²) in [4.78, 5) is 29.0. The van der Waals surface area contributed by atoms with Crippen molar-refractivity contribution >= 4 is 23.4 Å². The molecule has 3 aromatic rings. The third-order valence-corrected chi connectivity index (χ3v) is 7.57. The molecule has 0 radical (unpaired) electrons. The number of hydrogen-bond acceptors (Lipinski definition) is 2. The van der Waals surface area contributed by atoms with E-state index < -0.39 is 6.04 Å².